The Labute approximate surface area is 167 Å². The molecule has 0 saturated heterocycles. The number of benzene rings is 1. The van der Waals surface area contributed by atoms with Crippen LogP contribution >= 0.6 is 0 Å². The van der Waals surface area contributed by atoms with Gasteiger partial charge >= 0.3 is 0 Å². The van der Waals surface area contributed by atoms with Crippen LogP contribution in [0.15, 0.2) is 30.4 Å². The molecule has 4 saturated carbocycles. The van der Waals surface area contributed by atoms with Crippen molar-refractivity contribution in [3.8, 4) is 5.75 Å². The number of rotatable bonds is 5. The number of hydrogen-bond donors (Lipinski definition) is 0. The smallest absolute Gasteiger partial charge is 0.274 e. The molecular weight excluding hydrogens is 348 g/mol. The predicted octanol–water partition coefficient (Wildman–Crippen LogP) is 6.27. The minimum Gasteiger partial charge on any atom is -0.542 e. The minimum atomic E-state index is -0.836. The molecule has 4 aliphatic rings. The van der Waals surface area contributed by atoms with E-state index in [1.54, 1.807) is 0 Å². The van der Waals surface area contributed by atoms with Crippen molar-refractivity contribution in [2.24, 2.45) is 17.8 Å². The first-order chi connectivity index (χ1) is 12.7. The zero-order chi connectivity index (χ0) is 19.4. The predicted molar refractivity (Wildman–Crippen MR) is 113 cm³/mol. The van der Waals surface area contributed by atoms with Crippen LogP contribution in [0.25, 0.3) is 0 Å². The van der Waals surface area contributed by atoms with Crippen LogP contribution in [0.4, 0.5) is 0 Å². The van der Waals surface area contributed by atoms with Gasteiger partial charge in [0.05, 0.1) is 12.2 Å². The largest absolute Gasteiger partial charge is 0.542 e. The van der Waals surface area contributed by atoms with E-state index in [4.69, 9.17) is 9.16 Å². The summed E-state index contributed by atoms with van der Waals surface area (Å²) in [5.74, 6) is 3.48. The van der Waals surface area contributed by atoms with E-state index in [-0.39, 0.29) is 11.0 Å². The van der Waals surface area contributed by atoms with Crippen LogP contribution in [0.5, 0.6) is 5.75 Å². The Hall–Kier alpha value is -1.06. The summed E-state index contributed by atoms with van der Waals surface area (Å²) in [6, 6.07) is 6.57. The highest BCUT2D eigenvalue weighted by atomic mass is 28.3. The molecule has 2 unspecified atom stereocenters. The summed E-state index contributed by atoms with van der Waals surface area (Å²) in [5.41, 5.74) is 3.87. The number of hydrogen-bond acceptors (Lipinski definition) is 2. The SMILES string of the molecule is C=C1C2CC3CC(C2)CC1(OCc1cccc(C(C)(C)C)c1O[Si](C)C)C3. The molecule has 0 N–H and O–H groups in total. The average molecular weight is 384 g/mol. The Morgan fingerprint density at radius 1 is 1.11 bits per heavy atom. The van der Waals surface area contributed by atoms with Gasteiger partial charge in [-0.1, -0.05) is 45.5 Å². The summed E-state index contributed by atoms with van der Waals surface area (Å²) in [6.45, 7) is 16.3. The zero-order valence-corrected chi connectivity index (χ0v) is 18.7. The zero-order valence-electron chi connectivity index (χ0n) is 17.7. The van der Waals surface area contributed by atoms with Gasteiger partial charge in [-0.15, -0.1) is 0 Å². The van der Waals surface area contributed by atoms with Crippen molar-refractivity contribution in [1.82, 2.24) is 0 Å². The van der Waals surface area contributed by atoms with Crippen molar-refractivity contribution in [1.29, 1.82) is 0 Å². The third-order valence-corrected chi connectivity index (χ3v) is 7.54. The molecular formula is C24H35O2Si. The first-order valence-corrected chi connectivity index (χ1v) is 13.0. The van der Waals surface area contributed by atoms with Crippen molar-refractivity contribution in [2.45, 2.75) is 83.6 Å². The summed E-state index contributed by atoms with van der Waals surface area (Å²) >= 11 is 0. The lowest BCUT2D eigenvalue weighted by Crippen LogP contribution is -2.53. The van der Waals surface area contributed by atoms with Gasteiger partial charge in [0.15, 0.2) is 0 Å². The van der Waals surface area contributed by atoms with Crippen LogP contribution < -0.4 is 4.43 Å². The second kappa shape index (κ2) is 6.77. The molecule has 0 amide bonds. The van der Waals surface area contributed by atoms with E-state index >= 15 is 0 Å². The monoisotopic (exact) mass is 383 g/mol. The minimum absolute atomic E-state index is 0.0624. The van der Waals surface area contributed by atoms with E-state index in [1.165, 1.54) is 48.8 Å². The molecule has 2 atom stereocenters. The first kappa shape index (κ1) is 19.3. The lowest BCUT2D eigenvalue weighted by Gasteiger charge is -2.57. The van der Waals surface area contributed by atoms with Gasteiger partial charge in [0, 0.05) is 5.56 Å². The number of ether oxygens (including phenoxy) is 1. The topological polar surface area (TPSA) is 18.5 Å². The molecule has 1 aromatic rings. The van der Waals surface area contributed by atoms with Crippen molar-refractivity contribution in [2.75, 3.05) is 0 Å². The molecule has 3 heteroatoms. The van der Waals surface area contributed by atoms with Crippen LogP contribution in [0.1, 0.15) is 64.0 Å². The molecule has 0 aromatic heterocycles. The molecule has 4 bridgehead atoms. The van der Waals surface area contributed by atoms with Crippen molar-refractivity contribution < 1.29 is 9.16 Å². The fraction of sp³-hybridized carbons (Fsp3) is 0.667. The first-order valence-electron chi connectivity index (χ1n) is 10.6. The van der Waals surface area contributed by atoms with Crippen LogP contribution in [0, 0.1) is 17.8 Å². The molecule has 0 aliphatic heterocycles. The standard InChI is InChI=1S/C24H35O2Si/c1-16-20-11-17-10-18(12-20)14-24(16,13-17)25-15-19-8-7-9-21(23(2,3)4)22(19)26-27(5)6/h7-9,17-18,20H,1,10-15H2,2-6H3. The van der Waals surface area contributed by atoms with Gasteiger partial charge in [-0.3, -0.25) is 0 Å². The maximum Gasteiger partial charge on any atom is 0.274 e. The lowest BCUT2D eigenvalue weighted by molar-refractivity contribution is -0.127. The molecule has 1 aromatic carbocycles. The Balaban J connectivity index is 1.60. The average Bonchev–Trinajstić information content (AvgIpc) is 2.56. The van der Waals surface area contributed by atoms with Gasteiger partial charge in [0.1, 0.15) is 5.75 Å². The molecule has 1 radical (unpaired) electrons. The summed E-state index contributed by atoms with van der Waals surface area (Å²) in [6.07, 6.45) is 6.49. The van der Waals surface area contributed by atoms with Crippen molar-refractivity contribution in [3.63, 3.8) is 0 Å². The van der Waals surface area contributed by atoms with Crippen molar-refractivity contribution >= 4 is 9.04 Å². The highest BCUT2D eigenvalue weighted by molar-refractivity contribution is 6.49. The Morgan fingerprint density at radius 3 is 2.37 bits per heavy atom. The van der Waals surface area contributed by atoms with Crippen LogP contribution in [-0.2, 0) is 16.8 Å². The van der Waals surface area contributed by atoms with Gasteiger partial charge in [0.25, 0.3) is 9.04 Å². The Morgan fingerprint density at radius 2 is 1.78 bits per heavy atom. The molecule has 0 spiro atoms. The fourth-order valence-corrected chi connectivity index (χ4v) is 6.52. The Bertz CT molecular complexity index is 716. The summed E-state index contributed by atoms with van der Waals surface area (Å²) in [7, 11) is -0.836. The second-order valence-electron chi connectivity index (χ2n) is 10.4. The van der Waals surface area contributed by atoms with Crippen molar-refractivity contribution in [3.05, 3.63) is 41.5 Å². The summed E-state index contributed by atoms with van der Waals surface area (Å²) in [4.78, 5) is 0. The van der Waals surface area contributed by atoms with E-state index in [1.807, 2.05) is 0 Å². The van der Waals surface area contributed by atoms with Crippen LogP contribution in [0.3, 0.4) is 0 Å². The highest BCUT2D eigenvalue weighted by Crippen LogP contribution is 2.59. The maximum absolute atomic E-state index is 6.76. The fourth-order valence-electron chi connectivity index (χ4n) is 5.87. The van der Waals surface area contributed by atoms with Crippen LogP contribution in [-0.4, -0.2) is 14.6 Å². The van der Waals surface area contributed by atoms with Gasteiger partial charge < -0.3 is 9.16 Å². The lowest BCUT2D eigenvalue weighted by atomic mass is 9.52. The van der Waals surface area contributed by atoms with E-state index < -0.39 is 9.04 Å². The molecule has 147 valence electrons. The molecule has 2 nitrogen and oxygen atoms in total. The van der Waals surface area contributed by atoms with Crippen LogP contribution in [0.2, 0.25) is 13.1 Å². The van der Waals surface area contributed by atoms with Gasteiger partial charge in [0.2, 0.25) is 0 Å². The summed E-state index contributed by atoms with van der Waals surface area (Å²) in [5, 5.41) is 0. The molecule has 4 aliphatic carbocycles. The molecule has 5 rings (SSSR count). The van der Waals surface area contributed by atoms with E-state index in [9.17, 15) is 0 Å². The van der Waals surface area contributed by atoms with Gasteiger partial charge in [-0.25, -0.2) is 0 Å². The molecule has 0 heterocycles. The second-order valence-corrected chi connectivity index (χ2v) is 12.4. The number of para-hydroxylation sites is 1. The van der Waals surface area contributed by atoms with E-state index in [0.29, 0.717) is 12.5 Å². The summed E-state index contributed by atoms with van der Waals surface area (Å²) < 4.78 is 13.2. The quantitative estimate of drug-likeness (QED) is 0.441. The highest BCUT2D eigenvalue weighted by Gasteiger charge is 2.54. The maximum atomic E-state index is 6.76. The third kappa shape index (κ3) is 3.53. The molecule has 27 heavy (non-hydrogen) atoms. The van der Waals surface area contributed by atoms with Gasteiger partial charge in [-0.2, -0.15) is 0 Å². The normalized spacial score (nSPS) is 32.4. The van der Waals surface area contributed by atoms with E-state index in [0.717, 1.165) is 17.6 Å². The third-order valence-electron chi connectivity index (χ3n) is 6.93. The van der Waals surface area contributed by atoms with E-state index in [2.05, 4.69) is 58.6 Å². The molecule has 4 fully saturated rings. The van der Waals surface area contributed by atoms with Gasteiger partial charge in [-0.05, 0) is 79.5 Å². The Kier molecular flexibility index (Phi) is 4.83.